The van der Waals surface area contributed by atoms with E-state index in [2.05, 4.69) is 39.0 Å². The number of benzene rings is 1. The lowest BCUT2D eigenvalue weighted by Gasteiger charge is -2.34. The maximum atomic E-state index is 5.96. The molecule has 0 radical (unpaired) electrons. The van der Waals surface area contributed by atoms with Crippen LogP contribution < -0.4 is 0 Å². The van der Waals surface area contributed by atoms with Gasteiger partial charge in [-0.05, 0) is 36.2 Å². The number of pyridine rings is 1. The number of halogens is 1. The van der Waals surface area contributed by atoms with Gasteiger partial charge in [-0.15, -0.1) is 0 Å². The van der Waals surface area contributed by atoms with Gasteiger partial charge in [-0.1, -0.05) is 29.8 Å². The van der Waals surface area contributed by atoms with Crippen LogP contribution in [0.25, 0.3) is 0 Å². The third-order valence-electron chi connectivity index (χ3n) is 4.86. The summed E-state index contributed by atoms with van der Waals surface area (Å²) in [6, 6.07) is 15.8. The van der Waals surface area contributed by atoms with Crippen molar-refractivity contribution in [2.45, 2.75) is 31.6 Å². The third-order valence-corrected chi connectivity index (χ3v) is 5.11. The van der Waals surface area contributed by atoms with E-state index in [9.17, 15) is 0 Å². The van der Waals surface area contributed by atoms with Crippen molar-refractivity contribution < 1.29 is 0 Å². The molecule has 0 amide bonds. The van der Waals surface area contributed by atoms with Crippen LogP contribution in [0.1, 0.15) is 17.7 Å². The van der Waals surface area contributed by atoms with Crippen LogP contribution >= 0.6 is 11.6 Å². The van der Waals surface area contributed by atoms with Gasteiger partial charge in [0.25, 0.3) is 0 Å². The Bertz CT molecular complexity index is 629. The van der Waals surface area contributed by atoms with Crippen LogP contribution in [0, 0.1) is 0 Å². The van der Waals surface area contributed by atoms with E-state index in [0.717, 1.165) is 24.7 Å². The zero-order chi connectivity index (χ0) is 14.9. The van der Waals surface area contributed by atoms with E-state index >= 15 is 0 Å². The second kappa shape index (κ2) is 5.99. The molecule has 3 nitrogen and oxygen atoms in total. The first kappa shape index (κ1) is 14.2. The van der Waals surface area contributed by atoms with Crippen LogP contribution in [0.15, 0.2) is 48.7 Å². The third kappa shape index (κ3) is 2.89. The molecule has 114 valence electrons. The SMILES string of the molecule is Clc1ccc(CN2CC3CC2CN3Cc2ccccn2)cc1. The van der Waals surface area contributed by atoms with E-state index in [0.29, 0.717) is 12.1 Å². The molecule has 2 aromatic rings. The number of rotatable bonds is 4. The average molecular weight is 314 g/mol. The average Bonchev–Trinajstić information content (AvgIpc) is 3.10. The molecule has 3 heterocycles. The van der Waals surface area contributed by atoms with E-state index < -0.39 is 0 Å². The lowest BCUT2D eigenvalue weighted by atomic mass is 10.2. The molecular formula is C18H20ClN3. The van der Waals surface area contributed by atoms with Gasteiger partial charge in [-0.2, -0.15) is 0 Å². The molecule has 2 fully saturated rings. The molecule has 22 heavy (non-hydrogen) atoms. The minimum atomic E-state index is 0.680. The topological polar surface area (TPSA) is 19.4 Å². The zero-order valence-corrected chi connectivity index (χ0v) is 13.3. The number of aromatic nitrogens is 1. The summed E-state index contributed by atoms with van der Waals surface area (Å²) in [5.74, 6) is 0. The number of hydrogen-bond donors (Lipinski definition) is 0. The summed E-state index contributed by atoms with van der Waals surface area (Å²) >= 11 is 5.96. The predicted molar refractivity (Wildman–Crippen MR) is 88.7 cm³/mol. The summed E-state index contributed by atoms with van der Waals surface area (Å²) in [4.78, 5) is 9.66. The van der Waals surface area contributed by atoms with Gasteiger partial charge in [0.2, 0.25) is 0 Å². The Kier molecular flexibility index (Phi) is 3.87. The van der Waals surface area contributed by atoms with Crippen molar-refractivity contribution in [1.29, 1.82) is 0 Å². The van der Waals surface area contributed by atoms with Gasteiger partial charge < -0.3 is 0 Å². The highest BCUT2D eigenvalue weighted by Gasteiger charge is 2.42. The lowest BCUT2D eigenvalue weighted by molar-refractivity contribution is 0.117. The monoisotopic (exact) mass is 313 g/mol. The van der Waals surface area contributed by atoms with Gasteiger partial charge in [0.15, 0.2) is 0 Å². The fraction of sp³-hybridized carbons (Fsp3) is 0.389. The summed E-state index contributed by atoms with van der Waals surface area (Å²) < 4.78 is 0. The standard InChI is InChI=1S/C18H20ClN3/c19-15-6-4-14(5-7-15)10-21-12-18-9-17(21)13-22(18)11-16-3-1-2-8-20-16/h1-8,17-18H,9-13H2. The quantitative estimate of drug-likeness (QED) is 0.864. The summed E-state index contributed by atoms with van der Waals surface area (Å²) in [5, 5.41) is 0.813. The van der Waals surface area contributed by atoms with E-state index in [-0.39, 0.29) is 0 Å². The molecule has 2 bridgehead atoms. The molecule has 0 aliphatic carbocycles. The van der Waals surface area contributed by atoms with Crippen molar-refractivity contribution in [3.63, 3.8) is 0 Å². The molecule has 0 spiro atoms. The molecule has 4 rings (SSSR count). The Labute approximate surface area is 136 Å². The Balaban J connectivity index is 1.36. The van der Waals surface area contributed by atoms with Crippen molar-refractivity contribution in [3.8, 4) is 0 Å². The zero-order valence-electron chi connectivity index (χ0n) is 12.5. The Hall–Kier alpha value is -1.42. The van der Waals surface area contributed by atoms with Crippen LogP contribution in [-0.2, 0) is 13.1 Å². The highest BCUT2D eigenvalue weighted by Crippen LogP contribution is 2.32. The fourth-order valence-electron chi connectivity index (χ4n) is 3.74. The van der Waals surface area contributed by atoms with Crippen LogP contribution in [0.4, 0.5) is 0 Å². The molecule has 2 aliphatic heterocycles. The van der Waals surface area contributed by atoms with Crippen molar-refractivity contribution in [1.82, 2.24) is 14.8 Å². The predicted octanol–water partition coefficient (Wildman–Crippen LogP) is 3.19. The molecule has 1 aromatic carbocycles. The first-order valence-corrected chi connectivity index (χ1v) is 8.28. The number of nitrogens with zero attached hydrogens (tertiary/aromatic N) is 3. The van der Waals surface area contributed by atoms with Gasteiger partial charge in [-0.25, -0.2) is 0 Å². The molecule has 4 heteroatoms. The molecule has 2 atom stereocenters. The minimum absolute atomic E-state index is 0.680. The fourth-order valence-corrected chi connectivity index (χ4v) is 3.87. The van der Waals surface area contributed by atoms with Crippen molar-refractivity contribution in [2.24, 2.45) is 0 Å². The number of hydrogen-bond acceptors (Lipinski definition) is 3. The number of fused-ring (bicyclic) bond motifs is 2. The van der Waals surface area contributed by atoms with E-state index in [1.165, 1.54) is 24.2 Å². The van der Waals surface area contributed by atoms with Crippen LogP contribution in [-0.4, -0.2) is 40.0 Å². The smallest absolute Gasteiger partial charge is 0.0544 e. The minimum Gasteiger partial charge on any atom is -0.293 e. The van der Waals surface area contributed by atoms with Gasteiger partial charge in [0.05, 0.1) is 5.69 Å². The first-order valence-electron chi connectivity index (χ1n) is 7.90. The van der Waals surface area contributed by atoms with Gasteiger partial charge in [0, 0.05) is 49.5 Å². The summed E-state index contributed by atoms with van der Waals surface area (Å²) in [7, 11) is 0. The van der Waals surface area contributed by atoms with E-state index in [1.54, 1.807) is 0 Å². The largest absolute Gasteiger partial charge is 0.293 e. The van der Waals surface area contributed by atoms with Crippen molar-refractivity contribution >= 4 is 11.6 Å². The molecule has 2 unspecified atom stereocenters. The van der Waals surface area contributed by atoms with Gasteiger partial charge >= 0.3 is 0 Å². The maximum absolute atomic E-state index is 5.96. The van der Waals surface area contributed by atoms with Gasteiger partial charge in [-0.3, -0.25) is 14.8 Å². The molecule has 1 aromatic heterocycles. The second-order valence-corrected chi connectivity index (χ2v) is 6.79. The second-order valence-electron chi connectivity index (χ2n) is 6.35. The normalized spacial score (nSPS) is 25.0. The van der Waals surface area contributed by atoms with Gasteiger partial charge in [0.1, 0.15) is 0 Å². The van der Waals surface area contributed by atoms with Crippen molar-refractivity contribution in [3.05, 3.63) is 64.9 Å². The van der Waals surface area contributed by atoms with E-state index in [4.69, 9.17) is 11.6 Å². The molecule has 2 aliphatic rings. The molecule has 0 N–H and O–H groups in total. The number of piperazine rings is 1. The van der Waals surface area contributed by atoms with Crippen molar-refractivity contribution in [2.75, 3.05) is 13.1 Å². The molecule has 0 saturated carbocycles. The highest BCUT2D eigenvalue weighted by atomic mass is 35.5. The molecular weight excluding hydrogens is 294 g/mol. The van der Waals surface area contributed by atoms with Crippen LogP contribution in [0.2, 0.25) is 5.02 Å². The summed E-state index contributed by atoms with van der Waals surface area (Å²) in [6.45, 7) is 4.35. The Morgan fingerprint density at radius 2 is 1.68 bits per heavy atom. The Morgan fingerprint density at radius 3 is 2.32 bits per heavy atom. The number of likely N-dealkylation sites (tertiary alicyclic amines) is 2. The highest BCUT2D eigenvalue weighted by molar-refractivity contribution is 6.30. The molecule has 2 saturated heterocycles. The van der Waals surface area contributed by atoms with Crippen LogP contribution in [0.3, 0.4) is 0 Å². The summed E-state index contributed by atoms with van der Waals surface area (Å²) in [5.41, 5.74) is 2.53. The summed E-state index contributed by atoms with van der Waals surface area (Å²) in [6.07, 6.45) is 3.18. The van der Waals surface area contributed by atoms with Crippen LogP contribution in [0.5, 0.6) is 0 Å². The Morgan fingerprint density at radius 1 is 0.955 bits per heavy atom. The lowest BCUT2D eigenvalue weighted by Crippen LogP contribution is -2.45. The maximum Gasteiger partial charge on any atom is 0.0544 e. The first-order chi connectivity index (χ1) is 10.8. The van der Waals surface area contributed by atoms with E-state index in [1.807, 2.05) is 24.4 Å².